The van der Waals surface area contributed by atoms with Crippen molar-refractivity contribution < 1.29 is 4.79 Å². The molecule has 0 atom stereocenters. The number of nitrogens with one attached hydrogen (secondary N) is 1. The molecule has 1 fully saturated rings. The SMILES string of the molecule is O=Cc1ccc2c(CN3CCCC3)c[nH]c2c1. The summed E-state index contributed by atoms with van der Waals surface area (Å²) in [6.07, 6.45) is 5.59. The minimum atomic E-state index is 0.729. The predicted molar refractivity (Wildman–Crippen MR) is 68.2 cm³/mol. The summed E-state index contributed by atoms with van der Waals surface area (Å²) in [5, 5.41) is 1.24. The van der Waals surface area contributed by atoms with Crippen LogP contribution in [0, 0.1) is 0 Å². The van der Waals surface area contributed by atoms with Gasteiger partial charge in [-0.15, -0.1) is 0 Å². The lowest BCUT2D eigenvalue weighted by Crippen LogP contribution is -2.17. The van der Waals surface area contributed by atoms with Gasteiger partial charge in [-0.1, -0.05) is 12.1 Å². The molecule has 0 spiro atoms. The summed E-state index contributed by atoms with van der Waals surface area (Å²) in [6, 6.07) is 5.84. The van der Waals surface area contributed by atoms with Crippen LogP contribution in [0.2, 0.25) is 0 Å². The third-order valence-corrected chi connectivity index (χ3v) is 3.52. The number of aldehydes is 1. The Balaban J connectivity index is 1.91. The molecule has 0 radical (unpaired) electrons. The average molecular weight is 228 g/mol. The summed E-state index contributed by atoms with van der Waals surface area (Å²) in [6.45, 7) is 3.43. The van der Waals surface area contributed by atoms with E-state index in [1.807, 2.05) is 18.2 Å². The van der Waals surface area contributed by atoms with E-state index in [1.54, 1.807) is 0 Å². The van der Waals surface area contributed by atoms with Gasteiger partial charge in [0.1, 0.15) is 6.29 Å². The molecule has 3 nitrogen and oxygen atoms in total. The molecular weight excluding hydrogens is 212 g/mol. The molecule has 0 amide bonds. The van der Waals surface area contributed by atoms with Crippen molar-refractivity contribution in [2.24, 2.45) is 0 Å². The molecule has 1 aromatic heterocycles. The van der Waals surface area contributed by atoms with Crippen molar-refractivity contribution in [2.45, 2.75) is 19.4 Å². The van der Waals surface area contributed by atoms with Crippen molar-refractivity contribution in [2.75, 3.05) is 13.1 Å². The van der Waals surface area contributed by atoms with Crippen LogP contribution in [0.1, 0.15) is 28.8 Å². The second-order valence-corrected chi connectivity index (χ2v) is 4.72. The Hall–Kier alpha value is -1.61. The molecule has 0 unspecified atom stereocenters. The molecule has 3 rings (SSSR count). The van der Waals surface area contributed by atoms with Crippen LogP contribution >= 0.6 is 0 Å². The maximum Gasteiger partial charge on any atom is 0.150 e. The first-order valence-electron chi connectivity index (χ1n) is 6.14. The highest BCUT2D eigenvalue weighted by Gasteiger charge is 2.13. The van der Waals surface area contributed by atoms with Crippen LogP contribution in [-0.4, -0.2) is 29.3 Å². The van der Waals surface area contributed by atoms with Gasteiger partial charge in [0.25, 0.3) is 0 Å². The number of nitrogens with zero attached hydrogens (tertiary/aromatic N) is 1. The highest BCUT2D eigenvalue weighted by molar-refractivity contribution is 5.89. The molecule has 1 aromatic carbocycles. The van der Waals surface area contributed by atoms with Crippen LogP contribution in [-0.2, 0) is 6.54 Å². The average Bonchev–Trinajstić information content (AvgIpc) is 2.99. The van der Waals surface area contributed by atoms with Gasteiger partial charge in [-0.05, 0) is 37.6 Å². The van der Waals surface area contributed by atoms with E-state index in [-0.39, 0.29) is 0 Å². The number of aromatic nitrogens is 1. The van der Waals surface area contributed by atoms with Crippen LogP contribution in [0.4, 0.5) is 0 Å². The number of likely N-dealkylation sites (tertiary alicyclic amines) is 1. The van der Waals surface area contributed by atoms with E-state index in [2.05, 4.69) is 16.1 Å². The van der Waals surface area contributed by atoms with Gasteiger partial charge >= 0.3 is 0 Å². The molecule has 1 aliphatic rings. The van der Waals surface area contributed by atoms with Gasteiger partial charge in [0.15, 0.2) is 0 Å². The standard InChI is InChI=1S/C14H16N2O/c17-10-11-3-4-13-12(8-15-14(13)7-11)9-16-5-1-2-6-16/h3-4,7-8,10,15H,1-2,5-6,9H2. The zero-order valence-corrected chi connectivity index (χ0v) is 9.78. The quantitative estimate of drug-likeness (QED) is 0.820. The van der Waals surface area contributed by atoms with Crippen LogP contribution in [0.3, 0.4) is 0 Å². The number of carbonyl (C=O) groups excluding carboxylic acids is 1. The number of hydrogen-bond donors (Lipinski definition) is 1. The molecule has 1 saturated heterocycles. The summed E-state index contributed by atoms with van der Waals surface area (Å²) in [5.41, 5.74) is 3.12. The van der Waals surface area contributed by atoms with E-state index < -0.39 is 0 Å². The third-order valence-electron chi connectivity index (χ3n) is 3.52. The number of hydrogen-bond acceptors (Lipinski definition) is 2. The van der Waals surface area contributed by atoms with Gasteiger partial charge in [-0.2, -0.15) is 0 Å². The molecule has 88 valence electrons. The topological polar surface area (TPSA) is 36.1 Å². The first-order chi connectivity index (χ1) is 8.36. The number of rotatable bonds is 3. The molecule has 2 heterocycles. The summed E-state index contributed by atoms with van der Waals surface area (Å²) in [7, 11) is 0. The predicted octanol–water partition coefficient (Wildman–Crippen LogP) is 2.58. The van der Waals surface area contributed by atoms with Gasteiger partial charge < -0.3 is 4.98 Å². The fourth-order valence-electron chi connectivity index (χ4n) is 2.59. The molecule has 0 bridgehead atoms. The van der Waals surface area contributed by atoms with Gasteiger partial charge in [-0.25, -0.2) is 0 Å². The van der Waals surface area contributed by atoms with Crippen LogP contribution < -0.4 is 0 Å². The molecule has 0 saturated carbocycles. The molecule has 2 aromatic rings. The van der Waals surface area contributed by atoms with E-state index in [4.69, 9.17) is 0 Å². The van der Waals surface area contributed by atoms with Crippen molar-refractivity contribution in [3.8, 4) is 0 Å². The molecule has 1 aliphatic heterocycles. The van der Waals surface area contributed by atoms with Gasteiger partial charge in [0.05, 0.1) is 0 Å². The Morgan fingerprint density at radius 2 is 2.12 bits per heavy atom. The summed E-state index contributed by atoms with van der Waals surface area (Å²) in [4.78, 5) is 16.4. The highest BCUT2D eigenvalue weighted by atomic mass is 16.1. The Bertz CT molecular complexity index is 538. The zero-order chi connectivity index (χ0) is 11.7. The summed E-state index contributed by atoms with van der Waals surface area (Å²) in [5.74, 6) is 0. The lowest BCUT2D eigenvalue weighted by Gasteiger charge is -2.13. The Morgan fingerprint density at radius 3 is 2.88 bits per heavy atom. The van der Waals surface area contributed by atoms with Crippen LogP contribution in [0.15, 0.2) is 24.4 Å². The first-order valence-corrected chi connectivity index (χ1v) is 6.14. The third kappa shape index (κ3) is 1.98. The minimum absolute atomic E-state index is 0.729. The van der Waals surface area contributed by atoms with Crippen LogP contribution in [0.5, 0.6) is 0 Å². The monoisotopic (exact) mass is 228 g/mol. The lowest BCUT2D eigenvalue weighted by atomic mass is 10.1. The summed E-state index contributed by atoms with van der Waals surface area (Å²) < 4.78 is 0. The van der Waals surface area contributed by atoms with E-state index in [9.17, 15) is 4.79 Å². The molecule has 17 heavy (non-hydrogen) atoms. The Kier molecular flexibility index (Phi) is 2.69. The largest absolute Gasteiger partial charge is 0.361 e. The van der Waals surface area contributed by atoms with Crippen LogP contribution in [0.25, 0.3) is 10.9 Å². The van der Waals surface area contributed by atoms with E-state index in [0.717, 1.165) is 23.9 Å². The van der Waals surface area contributed by atoms with Crippen molar-refractivity contribution in [3.63, 3.8) is 0 Å². The zero-order valence-electron chi connectivity index (χ0n) is 9.78. The number of carbonyl (C=O) groups is 1. The number of fused-ring (bicyclic) bond motifs is 1. The maximum absolute atomic E-state index is 10.7. The fourth-order valence-corrected chi connectivity index (χ4v) is 2.59. The normalized spacial score (nSPS) is 16.7. The Labute approximate surface area is 100 Å². The Morgan fingerprint density at radius 1 is 1.29 bits per heavy atom. The number of aromatic amines is 1. The molecule has 0 aliphatic carbocycles. The maximum atomic E-state index is 10.7. The van der Waals surface area contributed by atoms with Crippen molar-refractivity contribution >= 4 is 17.2 Å². The van der Waals surface area contributed by atoms with Gasteiger partial charge in [-0.3, -0.25) is 9.69 Å². The minimum Gasteiger partial charge on any atom is -0.361 e. The second-order valence-electron chi connectivity index (χ2n) is 4.72. The first kappa shape index (κ1) is 10.5. The second kappa shape index (κ2) is 4.34. The van der Waals surface area contributed by atoms with Crippen molar-refractivity contribution in [1.82, 2.24) is 9.88 Å². The summed E-state index contributed by atoms with van der Waals surface area (Å²) >= 11 is 0. The smallest absolute Gasteiger partial charge is 0.150 e. The van der Waals surface area contributed by atoms with E-state index in [0.29, 0.717) is 0 Å². The van der Waals surface area contributed by atoms with Crippen molar-refractivity contribution in [1.29, 1.82) is 0 Å². The molecule has 3 heteroatoms. The number of benzene rings is 1. The molecule has 1 N–H and O–H groups in total. The fraction of sp³-hybridized carbons (Fsp3) is 0.357. The van der Waals surface area contributed by atoms with E-state index in [1.165, 1.54) is 36.9 Å². The van der Waals surface area contributed by atoms with Crippen molar-refractivity contribution in [3.05, 3.63) is 35.5 Å². The highest BCUT2D eigenvalue weighted by Crippen LogP contribution is 2.22. The van der Waals surface area contributed by atoms with E-state index >= 15 is 0 Å². The lowest BCUT2D eigenvalue weighted by molar-refractivity contribution is 0.112. The van der Waals surface area contributed by atoms with Gasteiger partial charge in [0.2, 0.25) is 0 Å². The van der Waals surface area contributed by atoms with Gasteiger partial charge in [0, 0.05) is 29.2 Å². The molecular formula is C14H16N2O. The number of H-pyrrole nitrogens is 1.